The summed E-state index contributed by atoms with van der Waals surface area (Å²) in [4.78, 5) is 0. The molecule has 1 heteroatoms. The van der Waals surface area contributed by atoms with E-state index in [1.807, 2.05) is 6.07 Å². The number of allylic oxidation sites excluding steroid dienone is 2. The molecule has 1 aromatic rings. The molecule has 0 spiro atoms. The second kappa shape index (κ2) is 13.4. The van der Waals surface area contributed by atoms with Crippen molar-refractivity contribution in [3.05, 3.63) is 47.3 Å². The first-order valence-corrected chi connectivity index (χ1v) is 13.6. The van der Waals surface area contributed by atoms with Crippen LogP contribution in [0.25, 0.3) is 0 Å². The fourth-order valence-corrected chi connectivity index (χ4v) is 6.13. The van der Waals surface area contributed by atoms with Gasteiger partial charge in [0.05, 0.1) is 0 Å². The van der Waals surface area contributed by atoms with Gasteiger partial charge >= 0.3 is 0 Å². The van der Waals surface area contributed by atoms with E-state index in [1.165, 1.54) is 89.0 Å². The van der Waals surface area contributed by atoms with E-state index in [2.05, 4.69) is 38.1 Å². The number of unbranched alkanes of at least 4 members (excludes halogenated alkanes) is 4. The molecule has 2 unspecified atom stereocenters. The predicted octanol–water partition coefficient (Wildman–Crippen LogP) is 9.78. The highest BCUT2D eigenvalue weighted by Gasteiger charge is 2.30. The van der Waals surface area contributed by atoms with E-state index >= 15 is 0 Å². The van der Waals surface area contributed by atoms with Gasteiger partial charge in [-0.25, -0.2) is 4.39 Å². The molecule has 0 saturated heterocycles. The standard InChI is InChI=1S/C30H47F/c1-3-5-7-9-12-24-16-18-26(19-17-24)29(22-25-13-10-8-11-14-25)28-21-20-27(15-6-4-2)30(31)23-28/h8,10,20-21,23-26,29H,3-7,9,11-19,22H2,1-2H3. The first-order valence-electron chi connectivity index (χ1n) is 13.6. The molecule has 0 N–H and O–H groups in total. The molecule has 0 bridgehead atoms. The lowest BCUT2D eigenvalue weighted by Crippen LogP contribution is -2.23. The highest BCUT2D eigenvalue weighted by Crippen LogP contribution is 2.44. The van der Waals surface area contributed by atoms with Gasteiger partial charge in [0.1, 0.15) is 5.82 Å². The maximum Gasteiger partial charge on any atom is 0.126 e. The summed E-state index contributed by atoms with van der Waals surface area (Å²) >= 11 is 0. The van der Waals surface area contributed by atoms with Crippen molar-refractivity contribution in [2.45, 2.75) is 122 Å². The minimum atomic E-state index is 0.0455. The van der Waals surface area contributed by atoms with Gasteiger partial charge in [0, 0.05) is 0 Å². The first kappa shape index (κ1) is 24.5. The zero-order valence-corrected chi connectivity index (χ0v) is 20.4. The van der Waals surface area contributed by atoms with Crippen molar-refractivity contribution in [3.8, 4) is 0 Å². The van der Waals surface area contributed by atoms with Gasteiger partial charge in [-0.05, 0) is 92.2 Å². The van der Waals surface area contributed by atoms with Crippen LogP contribution in [0, 0.1) is 23.6 Å². The molecule has 0 amide bonds. The Kier molecular flexibility index (Phi) is 10.6. The summed E-state index contributed by atoms with van der Waals surface area (Å²) in [5, 5.41) is 0. The Labute approximate surface area is 192 Å². The van der Waals surface area contributed by atoms with Crippen molar-refractivity contribution in [3.63, 3.8) is 0 Å². The monoisotopic (exact) mass is 426 g/mol. The van der Waals surface area contributed by atoms with Crippen molar-refractivity contribution in [2.75, 3.05) is 0 Å². The smallest absolute Gasteiger partial charge is 0.126 e. The highest BCUT2D eigenvalue weighted by molar-refractivity contribution is 5.28. The Hall–Kier alpha value is -1.11. The quantitative estimate of drug-likeness (QED) is 0.230. The summed E-state index contributed by atoms with van der Waals surface area (Å²) in [5.74, 6) is 3.07. The van der Waals surface area contributed by atoms with Crippen LogP contribution in [0.4, 0.5) is 4.39 Å². The van der Waals surface area contributed by atoms with Crippen LogP contribution in [-0.4, -0.2) is 0 Å². The van der Waals surface area contributed by atoms with Crippen LogP contribution in [0.15, 0.2) is 30.4 Å². The van der Waals surface area contributed by atoms with Gasteiger partial charge < -0.3 is 0 Å². The van der Waals surface area contributed by atoms with Gasteiger partial charge in [-0.15, -0.1) is 0 Å². The number of hydrogen-bond acceptors (Lipinski definition) is 0. The van der Waals surface area contributed by atoms with E-state index < -0.39 is 0 Å². The van der Waals surface area contributed by atoms with Crippen molar-refractivity contribution in [1.82, 2.24) is 0 Å². The lowest BCUT2D eigenvalue weighted by Gasteiger charge is -2.36. The molecule has 1 fully saturated rings. The molecule has 2 atom stereocenters. The van der Waals surface area contributed by atoms with Crippen molar-refractivity contribution in [1.29, 1.82) is 0 Å². The van der Waals surface area contributed by atoms with Gasteiger partial charge in [0.25, 0.3) is 0 Å². The van der Waals surface area contributed by atoms with Gasteiger partial charge in [0.15, 0.2) is 0 Å². The van der Waals surface area contributed by atoms with Crippen LogP contribution >= 0.6 is 0 Å². The summed E-state index contributed by atoms with van der Waals surface area (Å²) in [7, 11) is 0. The van der Waals surface area contributed by atoms with Gasteiger partial charge in [-0.3, -0.25) is 0 Å². The maximum absolute atomic E-state index is 14.9. The topological polar surface area (TPSA) is 0 Å². The summed E-state index contributed by atoms with van der Waals surface area (Å²) in [6.07, 6.45) is 25.3. The summed E-state index contributed by atoms with van der Waals surface area (Å²) in [6.45, 7) is 4.48. The van der Waals surface area contributed by atoms with E-state index in [0.29, 0.717) is 5.92 Å². The van der Waals surface area contributed by atoms with E-state index in [1.54, 1.807) is 0 Å². The molecule has 1 saturated carbocycles. The van der Waals surface area contributed by atoms with Crippen molar-refractivity contribution < 1.29 is 4.39 Å². The van der Waals surface area contributed by atoms with Crippen LogP contribution in [0.5, 0.6) is 0 Å². The minimum Gasteiger partial charge on any atom is -0.207 e. The number of aryl methyl sites for hydroxylation is 1. The Balaban J connectivity index is 1.64. The van der Waals surface area contributed by atoms with Gasteiger partial charge in [0.2, 0.25) is 0 Å². The normalized spacial score (nSPS) is 24.9. The zero-order valence-electron chi connectivity index (χ0n) is 20.4. The van der Waals surface area contributed by atoms with Gasteiger partial charge in [-0.2, -0.15) is 0 Å². The minimum absolute atomic E-state index is 0.0455. The van der Waals surface area contributed by atoms with Crippen LogP contribution < -0.4 is 0 Å². The Morgan fingerprint density at radius 2 is 1.68 bits per heavy atom. The maximum atomic E-state index is 14.9. The summed E-state index contributed by atoms with van der Waals surface area (Å²) in [6, 6.07) is 6.31. The van der Waals surface area contributed by atoms with Gasteiger partial charge in [-0.1, -0.05) is 89.5 Å². The van der Waals surface area contributed by atoms with E-state index in [-0.39, 0.29) is 5.82 Å². The molecule has 0 aliphatic heterocycles. The van der Waals surface area contributed by atoms with Crippen molar-refractivity contribution in [2.24, 2.45) is 17.8 Å². The summed E-state index contributed by atoms with van der Waals surface area (Å²) < 4.78 is 14.9. The average molecular weight is 427 g/mol. The highest BCUT2D eigenvalue weighted by atomic mass is 19.1. The van der Waals surface area contributed by atoms with Crippen LogP contribution in [0.1, 0.15) is 127 Å². The molecule has 1 aromatic carbocycles. The Morgan fingerprint density at radius 1 is 0.871 bits per heavy atom. The van der Waals surface area contributed by atoms with Crippen LogP contribution in [0.3, 0.4) is 0 Å². The molecule has 0 nitrogen and oxygen atoms in total. The number of rotatable bonds is 12. The predicted molar refractivity (Wildman–Crippen MR) is 133 cm³/mol. The second-order valence-electron chi connectivity index (χ2n) is 10.6. The average Bonchev–Trinajstić information content (AvgIpc) is 2.81. The lowest BCUT2D eigenvalue weighted by molar-refractivity contribution is 0.209. The van der Waals surface area contributed by atoms with Crippen LogP contribution in [0.2, 0.25) is 0 Å². The molecule has 2 aliphatic rings. The molecule has 2 aliphatic carbocycles. The molecule has 3 rings (SSSR count). The van der Waals surface area contributed by atoms with E-state index in [0.717, 1.165) is 42.6 Å². The molecule has 0 heterocycles. The third-order valence-corrected chi connectivity index (χ3v) is 8.20. The van der Waals surface area contributed by atoms with E-state index in [9.17, 15) is 4.39 Å². The number of benzene rings is 1. The number of hydrogen-bond donors (Lipinski definition) is 0. The Bertz CT molecular complexity index is 652. The molecule has 31 heavy (non-hydrogen) atoms. The number of halogens is 1. The zero-order chi connectivity index (χ0) is 21.9. The Morgan fingerprint density at radius 3 is 2.35 bits per heavy atom. The molecule has 0 radical (unpaired) electrons. The third-order valence-electron chi connectivity index (χ3n) is 8.20. The fourth-order valence-electron chi connectivity index (χ4n) is 6.13. The third kappa shape index (κ3) is 7.76. The SMILES string of the molecule is CCCCCCC1CCC(C(CC2CC=CCC2)c2ccc(CCCC)c(F)c2)CC1. The largest absolute Gasteiger partial charge is 0.207 e. The van der Waals surface area contributed by atoms with E-state index in [4.69, 9.17) is 0 Å². The van der Waals surface area contributed by atoms with Crippen LogP contribution in [-0.2, 0) is 6.42 Å². The molecular formula is C30H47F. The lowest BCUT2D eigenvalue weighted by atomic mass is 9.69. The molecular weight excluding hydrogens is 379 g/mol. The first-order chi connectivity index (χ1) is 15.2. The van der Waals surface area contributed by atoms with Crippen molar-refractivity contribution >= 4 is 0 Å². The molecule has 0 aromatic heterocycles. The molecule has 174 valence electrons. The fraction of sp³-hybridized carbons (Fsp3) is 0.733. The second-order valence-corrected chi connectivity index (χ2v) is 10.6. The summed E-state index contributed by atoms with van der Waals surface area (Å²) in [5.41, 5.74) is 2.21.